The predicted octanol–water partition coefficient (Wildman–Crippen LogP) is 2.95. The number of halogens is 3. The van der Waals surface area contributed by atoms with E-state index >= 15 is 0 Å². The lowest BCUT2D eigenvalue weighted by molar-refractivity contribution is -0.137. The SMILES string of the molecule is Nc1ccc(-c2c(O)cc(N)cc2C(F)(F)F)c(O)c1. The Morgan fingerprint density at radius 1 is 0.850 bits per heavy atom. The summed E-state index contributed by atoms with van der Waals surface area (Å²) in [5.41, 5.74) is 8.87. The molecule has 6 N–H and O–H groups in total. The van der Waals surface area contributed by atoms with Crippen molar-refractivity contribution in [1.29, 1.82) is 0 Å². The molecule has 0 saturated heterocycles. The van der Waals surface area contributed by atoms with Crippen molar-refractivity contribution < 1.29 is 23.4 Å². The van der Waals surface area contributed by atoms with Crippen LogP contribution in [0.2, 0.25) is 0 Å². The monoisotopic (exact) mass is 284 g/mol. The number of nitrogen functional groups attached to an aromatic ring is 2. The highest BCUT2D eigenvalue weighted by atomic mass is 19.4. The minimum absolute atomic E-state index is 0.177. The van der Waals surface area contributed by atoms with E-state index in [1.165, 1.54) is 12.1 Å². The Labute approximate surface area is 112 Å². The molecule has 2 rings (SSSR count). The molecule has 0 aliphatic heterocycles. The van der Waals surface area contributed by atoms with Crippen LogP contribution in [-0.4, -0.2) is 10.2 Å². The van der Waals surface area contributed by atoms with Crippen LogP contribution in [0.15, 0.2) is 30.3 Å². The van der Waals surface area contributed by atoms with E-state index in [2.05, 4.69) is 0 Å². The number of nitrogens with two attached hydrogens (primary N) is 2. The Balaban J connectivity index is 2.79. The standard InChI is InChI=1S/C13H11F3N2O2/c14-13(15,16)9-3-7(18)5-11(20)12(9)8-2-1-6(17)4-10(8)19/h1-5,19-20H,17-18H2. The van der Waals surface area contributed by atoms with Crippen LogP contribution in [0.3, 0.4) is 0 Å². The molecule has 7 heteroatoms. The first-order valence-corrected chi connectivity index (χ1v) is 5.48. The van der Waals surface area contributed by atoms with Crippen molar-refractivity contribution in [3.63, 3.8) is 0 Å². The molecule has 0 spiro atoms. The maximum absolute atomic E-state index is 13.0. The number of phenols is 2. The van der Waals surface area contributed by atoms with Gasteiger partial charge in [0.1, 0.15) is 11.5 Å². The predicted molar refractivity (Wildman–Crippen MR) is 69.0 cm³/mol. The molecule has 2 aromatic carbocycles. The second kappa shape index (κ2) is 4.52. The highest BCUT2D eigenvalue weighted by molar-refractivity contribution is 5.81. The molecule has 106 valence electrons. The number of alkyl halides is 3. The average Bonchev–Trinajstić information content (AvgIpc) is 2.28. The van der Waals surface area contributed by atoms with Gasteiger partial charge in [-0.2, -0.15) is 13.2 Å². The van der Waals surface area contributed by atoms with E-state index in [1.54, 1.807) is 0 Å². The maximum Gasteiger partial charge on any atom is 0.417 e. The minimum Gasteiger partial charge on any atom is -0.507 e. The molecule has 2 aromatic rings. The van der Waals surface area contributed by atoms with Gasteiger partial charge in [-0.25, -0.2) is 0 Å². The van der Waals surface area contributed by atoms with E-state index in [1.807, 2.05) is 0 Å². The molecule has 0 heterocycles. The molecule has 0 amide bonds. The second-order valence-corrected chi connectivity index (χ2v) is 4.24. The van der Waals surface area contributed by atoms with Gasteiger partial charge in [-0.1, -0.05) is 0 Å². The third-order valence-corrected chi connectivity index (χ3v) is 2.74. The lowest BCUT2D eigenvalue weighted by Gasteiger charge is -2.16. The molecule has 0 saturated carbocycles. The van der Waals surface area contributed by atoms with Crippen molar-refractivity contribution in [2.75, 3.05) is 11.5 Å². The molecule has 0 aliphatic rings. The smallest absolute Gasteiger partial charge is 0.417 e. The average molecular weight is 284 g/mol. The van der Waals surface area contributed by atoms with E-state index in [0.717, 1.165) is 12.1 Å². The summed E-state index contributed by atoms with van der Waals surface area (Å²) < 4.78 is 39.1. The number of hydrogen-bond donors (Lipinski definition) is 4. The van der Waals surface area contributed by atoms with Crippen LogP contribution in [0.25, 0.3) is 11.1 Å². The number of rotatable bonds is 1. The van der Waals surface area contributed by atoms with E-state index in [-0.39, 0.29) is 16.9 Å². The fourth-order valence-electron chi connectivity index (χ4n) is 1.92. The Bertz CT molecular complexity index is 669. The Morgan fingerprint density at radius 2 is 1.45 bits per heavy atom. The molecular weight excluding hydrogens is 273 g/mol. The van der Waals surface area contributed by atoms with Gasteiger partial charge < -0.3 is 21.7 Å². The van der Waals surface area contributed by atoms with E-state index < -0.39 is 28.8 Å². The normalized spacial score (nSPS) is 11.6. The molecule has 0 fully saturated rings. The summed E-state index contributed by atoms with van der Waals surface area (Å²) in [6.07, 6.45) is -4.73. The van der Waals surface area contributed by atoms with Gasteiger partial charge in [-0.05, 0) is 18.2 Å². The van der Waals surface area contributed by atoms with Crippen LogP contribution in [0.1, 0.15) is 5.56 Å². The lowest BCUT2D eigenvalue weighted by atomic mass is 9.96. The van der Waals surface area contributed by atoms with Gasteiger partial charge in [0.2, 0.25) is 0 Å². The number of anilines is 2. The summed E-state index contributed by atoms with van der Waals surface area (Å²) in [6, 6.07) is 5.31. The molecule has 0 aromatic heterocycles. The van der Waals surface area contributed by atoms with Crippen molar-refractivity contribution in [3.05, 3.63) is 35.9 Å². The number of hydrogen-bond acceptors (Lipinski definition) is 4. The van der Waals surface area contributed by atoms with Gasteiger partial charge in [-0.3, -0.25) is 0 Å². The summed E-state index contributed by atoms with van der Waals surface area (Å²) in [6.45, 7) is 0. The zero-order valence-corrected chi connectivity index (χ0v) is 10.1. The first kappa shape index (κ1) is 13.9. The molecule has 0 bridgehead atoms. The summed E-state index contributed by atoms with van der Waals surface area (Å²) in [5.74, 6) is -1.13. The van der Waals surface area contributed by atoms with Gasteiger partial charge in [0.05, 0.1) is 5.56 Å². The zero-order valence-electron chi connectivity index (χ0n) is 10.1. The summed E-state index contributed by atoms with van der Waals surface area (Å²) in [7, 11) is 0. The number of benzene rings is 2. The van der Waals surface area contributed by atoms with Crippen LogP contribution in [-0.2, 0) is 6.18 Å². The largest absolute Gasteiger partial charge is 0.507 e. The zero-order chi connectivity index (χ0) is 15.1. The van der Waals surface area contributed by atoms with Gasteiger partial charge in [0.15, 0.2) is 0 Å². The van der Waals surface area contributed by atoms with Crippen LogP contribution >= 0.6 is 0 Å². The third kappa shape index (κ3) is 2.42. The molecule has 0 radical (unpaired) electrons. The van der Waals surface area contributed by atoms with Crippen LogP contribution in [0.5, 0.6) is 11.5 Å². The molecule has 0 aliphatic carbocycles. The molecule has 0 atom stereocenters. The summed E-state index contributed by atoms with van der Waals surface area (Å²) >= 11 is 0. The fourth-order valence-corrected chi connectivity index (χ4v) is 1.92. The molecule has 0 unspecified atom stereocenters. The van der Waals surface area contributed by atoms with Gasteiger partial charge in [0, 0.05) is 34.6 Å². The first-order valence-electron chi connectivity index (χ1n) is 5.48. The van der Waals surface area contributed by atoms with E-state index in [4.69, 9.17) is 11.5 Å². The van der Waals surface area contributed by atoms with E-state index in [9.17, 15) is 23.4 Å². The fraction of sp³-hybridized carbons (Fsp3) is 0.0769. The van der Waals surface area contributed by atoms with Gasteiger partial charge >= 0.3 is 6.18 Å². The topological polar surface area (TPSA) is 92.5 Å². The third-order valence-electron chi connectivity index (χ3n) is 2.74. The Morgan fingerprint density at radius 3 is 2.00 bits per heavy atom. The van der Waals surface area contributed by atoms with Crippen molar-refractivity contribution in [2.45, 2.75) is 6.18 Å². The molecular formula is C13H11F3N2O2. The molecule has 4 nitrogen and oxygen atoms in total. The maximum atomic E-state index is 13.0. The van der Waals surface area contributed by atoms with Crippen molar-refractivity contribution in [2.24, 2.45) is 0 Å². The quantitative estimate of drug-likeness (QED) is 0.606. The lowest BCUT2D eigenvalue weighted by Crippen LogP contribution is -2.08. The van der Waals surface area contributed by atoms with Crippen molar-refractivity contribution >= 4 is 11.4 Å². The highest BCUT2D eigenvalue weighted by Gasteiger charge is 2.36. The molecule has 20 heavy (non-hydrogen) atoms. The van der Waals surface area contributed by atoms with Gasteiger partial charge in [-0.15, -0.1) is 0 Å². The van der Waals surface area contributed by atoms with Crippen LogP contribution < -0.4 is 11.5 Å². The van der Waals surface area contributed by atoms with Gasteiger partial charge in [0.25, 0.3) is 0 Å². The highest BCUT2D eigenvalue weighted by Crippen LogP contribution is 2.45. The minimum atomic E-state index is -4.73. The summed E-state index contributed by atoms with van der Waals surface area (Å²) in [4.78, 5) is 0. The second-order valence-electron chi connectivity index (χ2n) is 4.24. The van der Waals surface area contributed by atoms with Crippen molar-refractivity contribution in [1.82, 2.24) is 0 Å². The van der Waals surface area contributed by atoms with E-state index in [0.29, 0.717) is 6.07 Å². The van der Waals surface area contributed by atoms with Crippen LogP contribution in [0, 0.1) is 0 Å². The number of aromatic hydroxyl groups is 2. The Kier molecular flexibility index (Phi) is 3.13. The first-order chi connectivity index (χ1) is 9.20. The number of phenolic OH excluding ortho intramolecular Hbond substituents is 2. The van der Waals surface area contributed by atoms with Crippen molar-refractivity contribution in [3.8, 4) is 22.6 Å². The Hall–Kier alpha value is -2.57. The van der Waals surface area contributed by atoms with Crippen LogP contribution in [0.4, 0.5) is 24.5 Å². The summed E-state index contributed by atoms with van der Waals surface area (Å²) in [5, 5.41) is 19.5.